The molecule has 19 heavy (non-hydrogen) atoms. The van der Waals surface area contributed by atoms with Crippen molar-refractivity contribution in [3.05, 3.63) is 35.6 Å². The Bertz CT molecular complexity index is 519. The summed E-state index contributed by atoms with van der Waals surface area (Å²) >= 11 is 5.25. The van der Waals surface area contributed by atoms with E-state index in [0.29, 0.717) is 5.56 Å². The fourth-order valence-electron chi connectivity index (χ4n) is 1.24. The van der Waals surface area contributed by atoms with Gasteiger partial charge in [0.2, 0.25) is 15.9 Å². The quantitative estimate of drug-likeness (QED) is 0.724. The standard InChI is InChI=1S/C11H14ClFN2O3S/c12-7-11(16)14-5-6-19(17,18)15-8-9-1-3-10(13)4-2-9/h1-4,15H,5-8H2,(H,14,16). The van der Waals surface area contributed by atoms with Gasteiger partial charge in [-0.3, -0.25) is 4.79 Å². The van der Waals surface area contributed by atoms with Gasteiger partial charge < -0.3 is 5.32 Å². The van der Waals surface area contributed by atoms with Gasteiger partial charge in [0.15, 0.2) is 0 Å². The molecule has 0 aliphatic rings. The van der Waals surface area contributed by atoms with E-state index in [2.05, 4.69) is 10.0 Å². The third-order valence-corrected chi connectivity index (χ3v) is 3.79. The molecule has 0 bridgehead atoms. The molecule has 0 unspecified atom stereocenters. The molecule has 0 aliphatic heterocycles. The maximum atomic E-state index is 12.6. The number of hydrogen-bond acceptors (Lipinski definition) is 3. The maximum Gasteiger partial charge on any atom is 0.234 e. The van der Waals surface area contributed by atoms with E-state index in [1.54, 1.807) is 0 Å². The minimum atomic E-state index is -3.50. The summed E-state index contributed by atoms with van der Waals surface area (Å²) in [5, 5.41) is 2.35. The molecule has 8 heteroatoms. The first-order valence-corrected chi connectivity index (χ1v) is 7.66. The van der Waals surface area contributed by atoms with Crippen LogP contribution in [0.3, 0.4) is 0 Å². The van der Waals surface area contributed by atoms with Gasteiger partial charge in [0.05, 0.1) is 5.75 Å². The lowest BCUT2D eigenvalue weighted by atomic mass is 10.2. The molecule has 0 aliphatic carbocycles. The first kappa shape index (κ1) is 15.9. The Morgan fingerprint density at radius 2 is 1.89 bits per heavy atom. The van der Waals surface area contributed by atoms with Gasteiger partial charge >= 0.3 is 0 Å². The molecular formula is C11H14ClFN2O3S. The number of benzene rings is 1. The van der Waals surface area contributed by atoms with Crippen molar-refractivity contribution in [3.8, 4) is 0 Å². The molecule has 0 radical (unpaired) electrons. The molecular weight excluding hydrogens is 295 g/mol. The molecule has 1 aromatic carbocycles. The Labute approximate surface area is 116 Å². The molecule has 0 spiro atoms. The van der Waals surface area contributed by atoms with E-state index in [0.717, 1.165) is 0 Å². The van der Waals surface area contributed by atoms with Crippen molar-refractivity contribution in [2.75, 3.05) is 18.2 Å². The molecule has 0 heterocycles. The zero-order valence-electron chi connectivity index (χ0n) is 10.0. The van der Waals surface area contributed by atoms with E-state index in [4.69, 9.17) is 11.6 Å². The molecule has 106 valence electrons. The summed E-state index contributed by atoms with van der Waals surface area (Å²) in [7, 11) is -3.50. The van der Waals surface area contributed by atoms with E-state index in [-0.39, 0.29) is 30.5 Å². The van der Waals surface area contributed by atoms with E-state index >= 15 is 0 Å². The lowest BCUT2D eigenvalue weighted by molar-refractivity contribution is -0.118. The van der Waals surface area contributed by atoms with Crippen LogP contribution in [0.15, 0.2) is 24.3 Å². The number of sulfonamides is 1. The normalized spacial score (nSPS) is 11.3. The Morgan fingerprint density at radius 1 is 1.26 bits per heavy atom. The van der Waals surface area contributed by atoms with Crippen molar-refractivity contribution in [2.24, 2.45) is 0 Å². The van der Waals surface area contributed by atoms with E-state index in [1.807, 2.05) is 0 Å². The van der Waals surface area contributed by atoms with Gasteiger partial charge in [0, 0.05) is 13.1 Å². The SMILES string of the molecule is O=C(CCl)NCCS(=O)(=O)NCc1ccc(F)cc1. The summed E-state index contributed by atoms with van der Waals surface area (Å²) < 4.78 is 38.1. The summed E-state index contributed by atoms with van der Waals surface area (Å²) in [6, 6.07) is 5.49. The van der Waals surface area contributed by atoms with Gasteiger partial charge in [-0.2, -0.15) is 0 Å². The smallest absolute Gasteiger partial charge is 0.234 e. The average Bonchev–Trinajstić information content (AvgIpc) is 2.38. The summed E-state index contributed by atoms with van der Waals surface area (Å²) in [4.78, 5) is 10.8. The largest absolute Gasteiger partial charge is 0.354 e. The summed E-state index contributed by atoms with van der Waals surface area (Å²) in [5.41, 5.74) is 0.648. The van der Waals surface area contributed by atoms with Crippen LogP contribution in [-0.4, -0.2) is 32.5 Å². The second-order valence-corrected chi connectivity index (χ2v) is 5.94. The third kappa shape index (κ3) is 6.51. The van der Waals surface area contributed by atoms with Crippen LogP contribution < -0.4 is 10.0 Å². The van der Waals surface area contributed by atoms with Crippen molar-refractivity contribution in [1.82, 2.24) is 10.0 Å². The minimum Gasteiger partial charge on any atom is -0.354 e. The highest BCUT2D eigenvalue weighted by Crippen LogP contribution is 2.02. The molecule has 0 fully saturated rings. The number of amides is 1. The second kappa shape index (κ2) is 7.42. The lowest BCUT2D eigenvalue weighted by Gasteiger charge is -2.07. The van der Waals surface area contributed by atoms with E-state index in [1.165, 1.54) is 24.3 Å². The van der Waals surface area contributed by atoms with Crippen molar-refractivity contribution in [3.63, 3.8) is 0 Å². The fourth-order valence-corrected chi connectivity index (χ4v) is 2.24. The molecule has 2 N–H and O–H groups in total. The Morgan fingerprint density at radius 3 is 2.47 bits per heavy atom. The van der Waals surface area contributed by atoms with E-state index in [9.17, 15) is 17.6 Å². The zero-order valence-corrected chi connectivity index (χ0v) is 11.6. The van der Waals surface area contributed by atoms with Crippen molar-refractivity contribution in [2.45, 2.75) is 6.54 Å². The maximum absolute atomic E-state index is 12.6. The Hall–Kier alpha value is -1.18. The van der Waals surface area contributed by atoms with Gasteiger partial charge in [-0.25, -0.2) is 17.5 Å². The molecule has 5 nitrogen and oxygen atoms in total. The highest BCUT2D eigenvalue weighted by Gasteiger charge is 2.10. The number of hydrogen-bond donors (Lipinski definition) is 2. The van der Waals surface area contributed by atoms with Crippen molar-refractivity contribution in [1.29, 1.82) is 0 Å². The number of halogens is 2. The topological polar surface area (TPSA) is 75.3 Å². The number of alkyl halides is 1. The van der Waals surface area contributed by atoms with Crippen molar-refractivity contribution < 1.29 is 17.6 Å². The van der Waals surface area contributed by atoms with Gasteiger partial charge in [-0.1, -0.05) is 12.1 Å². The number of carbonyl (C=O) groups is 1. The molecule has 0 atom stereocenters. The molecule has 1 rings (SSSR count). The lowest BCUT2D eigenvalue weighted by Crippen LogP contribution is -2.34. The number of carbonyl (C=O) groups excluding carboxylic acids is 1. The Kier molecular flexibility index (Phi) is 6.20. The van der Waals surface area contributed by atoms with Crippen LogP contribution in [-0.2, 0) is 21.4 Å². The monoisotopic (exact) mass is 308 g/mol. The third-order valence-electron chi connectivity index (χ3n) is 2.22. The zero-order chi connectivity index (χ0) is 14.3. The molecule has 1 aromatic rings. The number of nitrogens with one attached hydrogen (secondary N) is 2. The predicted molar refractivity (Wildman–Crippen MR) is 70.8 cm³/mol. The molecule has 0 saturated heterocycles. The molecule has 0 aromatic heterocycles. The molecule has 0 saturated carbocycles. The second-order valence-electron chi connectivity index (χ2n) is 3.75. The van der Waals surface area contributed by atoms with Gasteiger partial charge in [0.1, 0.15) is 11.7 Å². The first-order chi connectivity index (χ1) is 8.93. The highest BCUT2D eigenvalue weighted by atomic mass is 35.5. The van der Waals surface area contributed by atoms with Crippen molar-refractivity contribution >= 4 is 27.5 Å². The Balaban J connectivity index is 2.38. The van der Waals surface area contributed by atoms with Gasteiger partial charge in [-0.15, -0.1) is 11.6 Å². The van der Waals surface area contributed by atoms with E-state index < -0.39 is 15.9 Å². The first-order valence-electron chi connectivity index (χ1n) is 5.47. The van der Waals surface area contributed by atoms with Gasteiger partial charge in [-0.05, 0) is 17.7 Å². The van der Waals surface area contributed by atoms with Crippen LogP contribution in [0.1, 0.15) is 5.56 Å². The summed E-state index contributed by atoms with van der Waals surface area (Å²) in [6.07, 6.45) is 0. The minimum absolute atomic E-state index is 0.00962. The average molecular weight is 309 g/mol. The fraction of sp³-hybridized carbons (Fsp3) is 0.364. The summed E-state index contributed by atoms with van der Waals surface area (Å²) in [6.45, 7) is 0.0658. The molecule has 1 amide bonds. The van der Waals surface area contributed by atoms with Crippen LogP contribution in [0, 0.1) is 5.82 Å². The van der Waals surface area contributed by atoms with Gasteiger partial charge in [0.25, 0.3) is 0 Å². The van der Waals surface area contributed by atoms with Crippen LogP contribution in [0.5, 0.6) is 0 Å². The van der Waals surface area contributed by atoms with Crippen LogP contribution in [0.2, 0.25) is 0 Å². The summed E-state index contributed by atoms with van der Waals surface area (Å²) in [5.74, 6) is -1.24. The number of rotatable bonds is 7. The predicted octanol–water partition coefficient (Wildman–Crippen LogP) is 0.600. The van der Waals surface area contributed by atoms with Crippen LogP contribution in [0.4, 0.5) is 4.39 Å². The van der Waals surface area contributed by atoms with Crippen LogP contribution in [0.25, 0.3) is 0 Å². The highest BCUT2D eigenvalue weighted by molar-refractivity contribution is 7.89. The van der Waals surface area contributed by atoms with Crippen LogP contribution >= 0.6 is 11.6 Å².